The van der Waals surface area contributed by atoms with Crippen LogP contribution in [0.3, 0.4) is 0 Å². The van der Waals surface area contributed by atoms with Gasteiger partial charge in [0.1, 0.15) is 11.9 Å². The number of nitrogens with two attached hydrogens (primary N) is 1. The number of phenolic OH excluding ortho intramolecular Hbond substituents is 1. The predicted octanol–water partition coefficient (Wildman–Crippen LogP) is 1.60. The number of benzene rings is 1. The minimum absolute atomic E-state index is 0.0277. The molecule has 4 N–H and O–H groups in total. The van der Waals surface area contributed by atoms with Crippen molar-refractivity contribution in [1.82, 2.24) is 0 Å². The van der Waals surface area contributed by atoms with E-state index in [9.17, 15) is 9.90 Å². The highest BCUT2D eigenvalue weighted by molar-refractivity contribution is 9.10. The van der Waals surface area contributed by atoms with Crippen LogP contribution in [0.5, 0.6) is 5.75 Å². The molecule has 6 heteroatoms. The average molecular weight is 315 g/mol. The minimum Gasteiger partial charge on any atom is -0.506 e. The zero-order valence-corrected chi connectivity index (χ0v) is 11.3. The van der Waals surface area contributed by atoms with E-state index in [0.717, 1.165) is 10.9 Å². The van der Waals surface area contributed by atoms with Crippen LogP contribution in [-0.2, 0) is 9.53 Å². The molecule has 1 saturated heterocycles. The third kappa shape index (κ3) is 3.01. The van der Waals surface area contributed by atoms with E-state index in [1.54, 1.807) is 12.1 Å². The van der Waals surface area contributed by atoms with Gasteiger partial charge in [-0.15, -0.1) is 0 Å². The normalized spacial score (nSPS) is 23.0. The standard InChI is InChI=1S/C12H15BrN2O3/c13-7-1-3-10(16)9(5-7)15-12(17)11-4-2-8(6-14)18-11/h1,3,5,8,11,16H,2,4,6,14H2,(H,15,17). The molecule has 98 valence electrons. The van der Waals surface area contributed by atoms with Crippen molar-refractivity contribution in [3.8, 4) is 5.75 Å². The molecule has 0 aromatic heterocycles. The molecule has 18 heavy (non-hydrogen) atoms. The van der Waals surface area contributed by atoms with Crippen molar-refractivity contribution >= 4 is 27.5 Å². The summed E-state index contributed by atoms with van der Waals surface area (Å²) in [5, 5.41) is 12.3. The number of amides is 1. The molecule has 1 fully saturated rings. The van der Waals surface area contributed by atoms with E-state index in [0.29, 0.717) is 18.7 Å². The van der Waals surface area contributed by atoms with Crippen LogP contribution in [-0.4, -0.2) is 29.8 Å². The van der Waals surface area contributed by atoms with Gasteiger partial charge in [0.05, 0.1) is 11.8 Å². The molecule has 1 aromatic rings. The Morgan fingerprint density at radius 1 is 1.56 bits per heavy atom. The number of aromatic hydroxyl groups is 1. The zero-order chi connectivity index (χ0) is 13.1. The van der Waals surface area contributed by atoms with E-state index in [4.69, 9.17) is 10.5 Å². The van der Waals surface area contributed by atoms with Gasteiger partial charge in [0.2, 0.25) is 0 Å². The fourth-order valence-corrected chi connectivity index (χ4v) is 2.25. The number of hydrogen-bond donors (Lipinski definition) is 3. The van der Waals surface area contributed by atoms with E-state index < -0.39 is 6.10 Å². The topological polar surface area (TPSA) is 84.6 Å². The SMILES string of the molecule is NCC1CCC(C(=O)Nc2cc(Br)ccc2O)O1. The highest BCUT2D eigenvalue weighted by Gasteiger charge is 2.30. The second-order valence-electron chi connectivity index (χ2n) is 4.21. The lowest BCUT2D eigenvalue weighted by molar-refractivity contribution is -0.126. The van der Waals surface area contributed by atoms with Crippen LogP contribution in [0.25, 0.3) is 0 Å². The Kier molecular flexibility index (Phi) is 4.21. The Labute approximate surface area is 113 Å². The summed E-state index contributed by atoms with van der Waals surface area (Å²) in [6, 6.07) is 4.85. The second-order valence-corrected chi connectivity index (χ2v) is 5.13. The van der Waals surface area contributed by atoms with Crippen molar-refractivity contribution in [2.75, 3.05) is 11.9 Å². The highest BCUT2D eigenvalue weighted by Crippen LogP contribution is 2.28. The molecule has 0 bridgehead atoms. The van der Waals surface area contributed by atoms with Crippen LogP contribution in [0.1, 0.15) is 12.8 Å². The number of carbonyl (C=O) groups is 1. The Morgan fingerprint density at radius 3 is 3.00 bits per heavy atom. The average Bonchev–Trinajstić information content (AvgIpc) is 2.82. The Morgan fingerprint density at radius 2 is 2.33 bits per heavy atom. The molecule has 5 nitrogen and oxygen atoms in total. The van der Waals surface area contributed by atoms with Gasteiger partial charge < -0.3 is 20.9 Å². The van der Waals surface area contributed by atoms with Crippen molar-refractivity contribution < 1.29 is 14.6 Å². The van der Waals surface area contributed by atoms with Crippen molar-refractivity contribution in [2.45, 2.75) is 25.0 Å². The number of ether oxygens (including phenoxy) is 1. The third-order valence-corrected chi connectivity index (χ3v) is 3.37. The molecule has 2 atom stereocenters. The number of carbonyl (C=O) groups excluding carboxylic acids is 1. The number of halogens is 1. The van der Waals surface area contributed by atoms with Gasteiger partial charge in [0.25, 0.3) is 5.91 Å². The first-order valence-electron chi connectivity index (χ1n) is 5.75. The van der Waals surface area contributed by atoms with Crippen LogP contribution >= 0.6 is 15.9 Å². The van der Waals surface area contributed by atoms with Crippen molar-refractivity contribution in [3.05, 3.63) is 22.7 Å². The molecule has 2 unspecified atom stereocenters. The molecule has 1 aromatic carbocycles. The molecule has 1 amide bonds. The Bertz CT molecular complexity index is 453. The molecule has 1 aliphatic rings. The summed E-state index contributed by atoms with van der Waals surface area (Å²) in [6.45, 7) is 0.423. The zero-order valence-electron chi connectivity index (χ0n) is 9.73. The highest BCUT2D eigenvalue weighted by atomic mass is 79.9. The van der Waals surface area contributed by atoms with Crippen LogP contribution in [0.2, 0.25) is 0 Å². The molecule has 1 aliphatic heterocycles. The van der Waals surface area contributed by atoms with Crippen LogP contribution in [0, 0.1) is 0 Å². The summed E-state index contributed by atoms with van der Waals surface area (Å²) in [5.41, 5.74) is 5.86. The van der Waals surface area contributed by atoms with Crippen molar-refractivity contribution in [3.63, 3.8) is 0 Å². The smallest absolute Gasteiger partial charge is 0.253 e. The summed E-state index contributed by atoms with van der Waals surface area (Å²) in [5.74, 6) is -0.223. The van der Waals surface area contributed by atoms with E-state index >= 15 is 0 Å². The first kappa shape index (κ1) is 13.3. The van der Waals surface area contributed by atoms with Gasteiger partial charge in [0.15, 0.2) is 0 Å². The monoisotopic (exact) mass is 314 g/mol. The molecule has 0 spiro atoms. The maximum absolute atomic E-state index is 11.9. The number of phenols is 1. The van der Waals surface area contributed by atoms with E-state index in [1.807, 2.05) is 0 Å². The number of nitrogens with one attached hydrogen (secondary N) is 1. The van der Waals surface area contributed by atoms with Crippen LogP contribution in [0.15, 0.2) is 22.7 Å². The molecule has 0 saturated carbocycles. The third-order valence-electron chi connectivity index (χ3n) is 2.88. The quantitative estimate of drug-likeness (QED) is 0.740. The summed E-state index contributed by atoms with van der Waals surface area (Å²) >= 11 is 3.28. The van der Waals surface area contributed by atoms with E-state index in [1.165, 1.54) is 6.07 Å². The van der Waals surface area contributed by atoms with Gasteiger partial charge >= 0.3 is 0 Å². The summed E-state index contributed by atoms with van der Waals surface area (Å²) in [6.07, 6.45) is 0.912. The molecular formula is C12H15BrN2O3. The van der Waals surface area contributed by atoms with Gasteiger partial charge in [-0.3, -0.25) is 4.79 Å². The van der Waals surface area contributed by atoms with E-state index in [-0.39, 0.29) is 17.8 Å². The van der Waals surface area contributed by atoms with Gasteiger partial charge in [-0.2, -0.15) is 0 Å². The molecule has 0 aliphatic carbocycles. The minimum atomic E-state index is -0.489. The number of hydrogen-bond acceptors (Lipinski definition) is 4. The van der Waals surface area contributed by atoms with Crippen LogP contribution in [0.4, 0.5) is 5.69 Å². The van der Waals surface area contributed by atoms with E-state index in [2.05, 4.69) is 21.2 Å². The molecule has 2 rings (SSSR count). The molecule has 0 radical (unpaired) electrons. The fraction of sp³-hybridized carbons (Fsp3) is 0.417. The van der Waals surface area contributed by atoms with Crippen molar-refractivity contribution in [2.24, 2.45) is 5.73 Å². The van der Waals surface area contributed by atoms with Gasteiger partial charge in [-0.1, -0.05) is 15.9 Å². The molecular weight excluding hydrogens is 300 g/mol. The predicted molar refractivity (Wildman–Crippen MR) is 71.4 cm³/mol. The first-order valence-corrected chi connectivity index (χ1v) is 6.54. The summed E-state index contributed by atoms with van der Waals surface area (Å²) in [4.78, 5) is 11.9. The van der Waals surface area contributed by atoms with Crippen molar-refractivity contribution in [1.29, 1.82) is 0 Å². The summed E-state index contributed by atoms with van der Waals surface area (Å²) < 4.78 is 6.26. The molecule has 1 heterocycles. The van der Waals surface area contributed by atoms with Gasteiger partial charge in [0, 0.05) is 11.0 Å². The maximum atomic E-state index is 11.9. The lowest BCUT2D eigenvalue weighted by Crippen LogP contribution is -2.29. The van der Waals surface area contributed by atoms with Gasteiger partial charge in [-0.05, 0) is 31.0 Å². The Hall–Kier alpha value is -1.11. The second kappa shape index (κ2) is 5.69. The Balaban J connectivity index is 2.01. The lowest BCUT2D eigenvalue weighted by Gasteiger charge is -2.13. The number of rotatable bonds is 3. The fourth-order valence-electron chi connectivity index (χ4n) is 1.89. The van der Waals surface area contributed by atoms with Gasteiger partial charge in [-0.25, -0.2) is 0 Å². The maximum Gasteiger partial charge on any atom is 0.253 e. The first-order chi connectivity index (χ1) is 8.60. The largest absolute Gasteiger partial charge is 0.506 e. The van der Waals surface area contributed by atoms with Crippen LogP contribution < -0.4 is 11.1 Å². The number of anilines is 1. The lowest BCUT2D eigenvalue weighted by atomic mass is 10.2. The summed E-state index contributed by atoms with van der Waals surface area (Å²) in [7, 11) is 0.